The number of nitrogens with zero attached hydrogens (tertiary/aromatic N) is 1. The average molecular weight is 357 g/mol. The maximum atomic E-state index is 13.5. The van der Waals surface area contributed by atoms with Crippen molar-refractivity contribution >= 4 is 15.7 Å². The normalized spacial score (nSPS) is 11.2. The largest absolute Gasteiger partial charge is 0.493 e. The molecule has 0 aromatic heterocycles. The van der Waals surface area contributed by atoms with Gasteiger partial charge in [-0.25, -0.2) is 17.2 Å². The van der Waals surface area contributed by atoms with Crippen molar-refractivity contribution in [1.29, 1.82) is 0 Å². The van der Waals surface area contributed by atoms with Crippen LogP contribution in [0.1, 0.15) is 6.92 Å². The molecule has 0 N–H and O–H groups in total. The van der Waals surface area contributed by atoms with Crippen LogP contribution in [0.3, 0.4) is 0 Å². The van der Waals surface area contributed by atoms with E-state index >= 15 is 0 Å². The molecule has 2 aromatic rings. The number of halogens is 2. The van der Waals surface area contributed by atoms with Crippen LogP contribution >= 0.6 is 0 Å². The minimum Gasteiger partial charge on any atom is -0.493 e. The molecule has 0 aliphatic carbocycles. The Kier molecular flexibility index (Phi) is 5.28. The molecule has 2 aromatic carbocycles. The highest BCUT2D eigenvalue weighted by Crippen LogP contribution is 2.32. The molecule has 0 unspecified atom stereocenters. The molecule has 0 saturated carbocycles. The summed E-state index contributed by atoms with van der Waals surface area (Å²) in [6.45, 7) is 1.64. The number of methoxy groups -OCH3 is 2. The first kappa shape index (κ1) is 18.0. The molecule has 0 atom stereocenters. The molecule has 0 spiro atoms. The van der Waals surface area contributed by atoms with Crippen LogP contribution in [-0.4, -0.2) is 29.2 Å². The number of rotatable bonds is 6. The molecule has 130 valence electrons. The molecule has 5 nitrogen and oxygen atoms in total. The minimum absolute atomic E-state index is 0.0335. The predicted molar refractivity (Wildman–Crippen MR) is 86.1 cm³/mol. The third-order valence-electron chi connectivity index (χ3n) is 3.42. The van der Waals surface area contributed by atoms with Crippen molar-refractivity contribution in [3.05, 3.63) is 48.0 Å². The zero-order valence-electron chi connectivity index (χ0n) is 13.4. The summed E-state index contributed by atoms with van der Waals surface area (Å²) in [7, 11) is -1.16. The number of anilines is 1. The topological polar surface area (TPSA) is 55.8 Å². The van der Waals surface area contributed by atoms with Crippen LogP contribution in [0, 0.1) is 11.6 Å². The van der Waals surface area contributed by atoms with Gasteiger partial charge < -0.3 is 9.47 Å². The van der Waals surface area contributed by atoms with Gasteiger partial charge in [0, 0.05) is 18.7 Å². The van der Waals surface area contributed by atoms with Crippen LogP contribution in [0.15, 0.2) is 41.3 Å². The number of sulfonamides is 1. The molecule has 0 fully saturated rings. The van der Waals surface area contributed by atoms with E-state index in [-0.39, 0.29) is 22.9 Å². The Balaban J connectivity index is 2.52. The second-order valence-corrected chi connectivity index (χ2v) is 6.65. The van der Waals surface area contributed by atoms with Crippen molar-refractivity contribution in [2.75, 3.05) is 25.1 Å². The van der Waals surface area contributed by atoms with Gasteiger partial charge in [0.1, 0.15) is 0 Å². The molecule has 0 amide bonds. The number of ether oxygens (including phenoxy) is 2. The predicted octanol–water partition coefficient (Wildman–Crippen LogP) is 3.20. The van der Waals surface area contributed by atoms with Gasteiger partial charge >= 0.3 is 0 Å². The summed E-state index contributed by atoms with van der Waals surface area (Å²) in [5.41, 5.74) is 0.0335. The first-order chi connectivity index (χ1) is 11.3. The Morgan fingerprint density at radius 3 is 2.17 bits per heavy atom. The molecule has 0 aliphatic heterocycles. The van der Waals surface area contributed by atoms with Crippen LogP contribution in [0.25, 0.3) is 0 Å². The lowest BCUT2D eigenvalue weighted by molar-refractivity contribution is 0.354. The van der Waals surface area contributed by atoms with Crippen LogP contribution in [-0.2, 0) is 10.0 Å². The highest BCUT2D eigenvalue weighted by molar-refractivity contribution is 7.92. The highest BCUT2D eigenvalue weighted by atomic mass is 32.2. The maximum absolute atomic E-state index is 13.5. The molecular formula is C16H17F2NO4S. The zero-order valence-corrected chi connectivity index (χ0v) is 14.2. The van der Waals surface area contributed by atoms with Gasteiger partial charge in [-0.05, 0) is 31.2 Å². The molecule has 0 aliphatic rings. The summed E-state index contributed by atoms with van der Waals surface area (Å²) >= 11 is 0. The van der Waals surface area contributed by atoms with Crippen molar-refractivity contribution in [1.82, 2.24) is 0 Å². The molecule has 0 bridgehead atoms. The maximum Gasteiger partial charge on any atom is 0.264 e. The summed E-state index contributed by atoms with van der Waals surface area (Å²) in [6, 6.07) is 7.08. The van der Waals surface area contributed by atoms with E-state index in [1.165, 1.54) is 38.5 Å². The first-order valence-corrected chi connectivity index (χ1v) is 8.49. The molecule has 0 radical (unpaired) electrons. The Morgan fingerprint density at radius 1 is 0.958 bits per heavy atom. The first-order valence-electron chi connectivity index (χ1n) is 7.05. The average Bonchev–Trinajstić information content (AvgIpc) is 2.57. The SMILES string of the molecule is CCN(c1ccc(F)c(F)c1)S(=O)(=O)c1ccc(OC)c(OC)c1. The fourth-order valence-corrected chi connectivity index (χ4v) is 3.72. The molecular weight excluding hydrogens is 340 g/mol. The highest BCUT2D eigenvalue weighted by Gasteiger charge is 2.25. The second-order valence-electron chi connectivity index (χ2n) is 4.78. The third kappa shape index (κ3) is 3.28. The summed E-state index contributed by atoms with van der Waals surface area (Å²) in [5.74, 6) is -1.53. The zero-order chi connectivity index (χ0) is 17.9. The second kappa shape index (κ2) is 7.04. The lowest BCUT2D eigenvalue weighted by atomic mass is 10.3. The smallest absolute Gasteiger partial charge is 0.264 e. The van der Waals surface area contributed by atoms with Crippen LogP contribution in [0.5, 0.6) is 11.5 Å². The summed E-state index contributed by atoms with van der Waals surface area (Å²) in [4.78, 5) is -0.0493. The Hall–Kier alpha value is -2.35. The van der Waals surface area contributed by atoms with E-state index in [2.05, 4.69) is 0 Å². The van der Waals surface area contributed by atoms with Gasteiger partial charge in [-0.15, -0.1) is 0 Å². The van der Waals surface area contributed by atoms with Gasteiger partial charge in [0.05, 0.1) is 24.8 Å². The van der Waals surface area contributed by atoms with Crippen molar-refractivity contribution in [2.24, 2.45) is 0 Å². The Bertz CT molecular complexity index is 840. The molecule has 2 rings (SSSR count). The van der Waals surface area contributed by atoms with Crippen LogP contribution < -0.4 is 13.8 Å². The lowest BCUT2D eigenvalue weighted by Gasteiger charge is -2.23. The summed E-state index contributed by atoms with van der Waals surface area (Å²) in [5, 5.41) is 0. The van der Waals surface area contributed by atoms with Gasteiger partial charge in [-0.2, -0.15) is 0 Å². The fraction of sp³-hybridized carbons (Fsp3) is 0.250. The van der Waals surface area contributed by atoms with E-state index in [0.29, 0.717) is 5.75 Å². The van der Waals surface area contributed by atoms with Crippen molar-refractivity contribution in [3.8, 4) is 11.5 Å². The van der Waals surface area contributed by atoms with E-state index < -0.39 is 21.7 Å². The number of hydrogen-bond acceptors (Lipinski definition) is 4. The van der Waals surface area contributed by atoms with Crippen molar-refractivity contribution in [3.63, 3.8) is 0 Å². The molecule has 0 heterocycles. The van der Waals surface area contributed by atoms with Gasteiger partial charge in [0.2, 0.25) is 0 Å². The molecule has 0 saturated heterocycles. The molecule has 8 heteroatoms. The van der Waals surface area contributed by atoms with E-state index in [4.69, 9.17) is 9.47 Å². The molecule has 24 heavy (non-hydrogen) atoms. The Morgan fingerprint density at radius 2 is 1.62 bits per heavy atom. The van der Waals surface area contributed by atoms with Crippen molar-refractivity contribution < 1.29 is 26.7 Å². The van der Waals surface area contributed by atoms with Crippen LogP contribution in [0.4, 0.5) is 14.5 Å². The monoisotopic (exact) mass is 357 g/mol. The quantitative estimate of drug-likeness (QED) is 0.797. The van der Waals surface area contributed by atoms with Gasteiger partial charge in [0.15, 0.2) is 23.1 Å². The van der Waals surface area contributed by atoms with Gasteiger partial charge in [0.25, 0.3) is 10.0 Å². The minimum atomic E-state index is -3.98. The van der Waals surface area contributed by atoms with Crippen molar-refractivity contribution in [2.45, 2.75) is 11.8 Å². The number of hydrogen-bond donors (Lipinski definition) is 0. The van der Waals surface area contributed by atoms with Gasteiger partial charge in [-0.3, -0.25) is 4.31 Å². The standard InChI is InChI=1S/C16H17F2NO4S/c1-4-19(11-5-7-13(17)14(18)9-11)24(20,21)12-6-8-15(22-2)16(10-12)23-3/h5-10H,4H2,1-3H3. The van der Waals surface area contributed by atoms with E-state index in [1.54, 1.807) is 6.92 Å². The number of benzene rings is 2. The third-order valence-corrected chi connectivity index (χ3v) is 5.32. The Labute approximate surface area is 139 Å². The fourth-order valence-electron chi connectivity index (χ4n) is 2.24. The van der Waals surface area contributed by atoms with E-state index in [9.17, 15) is 17.2 Å². The summed E-state index contributed by atoms with van der Waals surface area (Å²) in [6.07, 6.45) is 0. The summed E-state index contributed by atoms with van der Waals surface area (Å²) < 4.78 is 63.4. The van der Waals surface area contributed by atoms with E-state index in [1.807, 2.05) is 0 Å². The van der Waals surface area contributed by atoms with Crippen LogP contribution in [0.2, 0.25) is 0 Å². The van der Waals surface area contributed by atoms with E-state index in [0.717, 1.165) is 16.4 Å². The van der Waals surface area contributed by atoms with Gasteiger partial charge in [-0.1, -0.05) is 0 Å². The lowest BCUT2D eigenvalue weighted by Crippen LogP contribution is -2.31.